The maximum absolute atomic E-state index is 11.8. The molecule has 0 radical (unpaired) electrons. The molecule has 0 aromatic heterocycles. The van der Waals surface area contributed by atoms with Crippen LogP contribution in [0.4, 0.5) is 16.2 Å². The zero-order valence-electron chi connectivity index (χ0n) is 10.3. The molecule has 2 aromatic carbocycles. The molecule has 2 amide bonds. The van der Waals surface area contributed by atoms with Crippen molar-refractivity contribution in [3.05, 3.63) is 53.0 Å². The lowest BCUT2D eigenvalue weighted by atomic mass is 10.3. The van der Waals surface area contributed by atoms with E-state index in [0.717, 1.165) is 21.1 Å². The highest BCUT2D eigenvalue weighted by molar-refractivity contribution is 9.10. The predicted octanol–water partition coefficient (Wildman–Crippen LogP) is 4.67. The van der Waals surface area contributed by atoms with Gasteiger partial charge in [0.05, 0.1) is 0 Å². The number of hydrogen-bond acceptors (Lipinski definition) is 3. The molecule has 0 aliphatic heterocycles. The van der Waals surface area contributed by atoms with Gasteiger partial charge in [-0.25, -0.2) is 4.79 Å². The Kier molecular flexibility index (Phi) is 5.04. The van der Waals surface area contributed by atoms with Gasteiger partial charge in [-0.3, -0.25) is 0 Å². The highest BCUT2D eigenvalue weighted by Gasteiger charge is 2.03. The van der Waals surface area contributed by atoms with Gasteiger partial charge in [-0.2, -0.15) is 5.26 Å². The van der Waals surface area contributed by atoms with Crippen LogP contribution in [0.25, 0.3) is 0 Å². The van der Waals surface area contributed by atoms with Gasteiger partial charge in [0.15, 0.2) is 0 Å². The van der Waals surface area contributed by atoms with Crippen molar-refractivity contribution < 1.29 is 4.79 Å². The molecule has 0 spiro atoms. The summed E-state index contributed by atoms with van der Waals surface area (Å²) in [6.07, 6.45) is 0. The maximum Gasteiger partial charge on any atom is 0.323 e. The van der Waals surface area contributed by atoms with Crippen molar-refractivity contribution >= 4 is 45.1 Å². The van der Waals surface area contributed by atoms with E-state index in [1.807, 2.05) is 23.6 Å². The Bertz CT molecular complexity index is 652. The highest BCUT2D eigenvalue weighted by atomic mass is 79.9. The van der Waals surface area contributed by atoms with Crippen molar-refractivity contribution in [1.29, 1.82) is 5.26 Å². The average Bonchev–Trinajstić information content (AvgIpc) is 2.41. The SMILES string of the molecule is N#CSc1ccc(NC(=O)Nc2cccc(Br)c2)cc1. The number of halogens is 1. The molecular weight excluding hydrogens is 338 g/mol. The molecule has 0 saturated carbocycles. The van der Waals surface area contributed by atoms with Crippen LogP contribution in [0.2, 0.25) is 0 Å². The molecule has 2 aromatic rings. The normalized spacial score (nSPS) is 9.60. The quantitative estimate of drug-likeness (QED) is 0.626. The third kappa shape index (κ3) is 4.30. The van der Waals surface area contributed by atoms with E-state index < -0.39 is 0 Å². The van der Waals surface area contributed by atoms with E-state index >= 15 is 0 Å². The van der Waals surface area contributed by atoms with Gasteiger partial charge >= 0.3 is 6.03 Å². The zero-order valence-corrected chi connectivity index (χ0v) is 12.7. The number of thiocyanates is 1. The number of rotatable bonds is 3. The number of carbonyl (C=O) groups is 1. The van der Waals surface area contributed by atoms with Gasteiger partial charge in [0.1, 0.15) is 5.40 Å². The van der Waals surface area contributed by atoms with E-state index in [1.54, 1.807) is 30.3 Å². The first-order chi connectivity index (χ1) is 9.67. The van der Waals surface area contributed by atoms with E-state index in [2.05, 4.69) is 26.6 Å². The van der Waals surface area contributed by atoms with Crippen molar-refractivity contribution in [1.82, 2.24) is 0 Å². The smallest absolute Gasteiger partial charge is 0.308 e. The summed E-state index contributed by atoms with van der Waals surface area (Å²) in [5.74, 6) is 0. The zero-order chi connectivity index (χ0) is 14.4. The molecule has 100 valence electrons. The first-order valence-electron chi connectivity index (χ1n) is 5.67. The molecule has 0 fully saturated rings. The Hall–Kier alpha value is -1.97. The fourth-order valence-corrected chi connectivity index (χ4v) is 2.30. The second kappa shape index (κ2) is 6.98. The van der Waals surface area contributed by atoms with Crippen LogP contribution in [-0.4, -0.2) is 6.03 Å². The second-order valence-electron chi connectivity index (χ2n) is 3.81. The van der Waals surface area contributed by atoms with Gasteiger partial charge in [0.25, 0.3) is 0 Å². The number of benzene rings is 2. The summed E-state index contributed by atoms with van der Waals surface area (Å²) in [7, 11) is 0. The minimum atomic E-state index is -0.316. The summed E-state index contributed by atoms with van der Waals surface area (Å²) in [6, 6.07) is 14.1. The van der Waals surface area contributed by atoms with Gasteiger partial charge < -0.3 is 10.6 Å². The van der Waals surface area contributed by atoms with Crippen LogP contribution >= 0.6 is 27.7 Å². The predicted molar refractivity (Wildman–Crippen MR) is 84.7 cm³/mol. The minimum Gasteiger partial charge on any atom is -0.308 e. The average molecular weight is 348 g/mol. The molecule has 20 heavy (non-hydrogen) atoms. The molecule has 2 rings (SSSR count). The van der Waals surface area contributed by atoms with Crippen molar-refractivity contribution in [2.24, 2.45) is 0 Å². The number of hydrogen-bond donors (Lipinski definition) is 2. The molecule has 0 atom stereocenters. The molecule has 6 heteroatoms. The van der Waals surface area contributed by atoms with Gasteiger partial charge in [0, 0.05) is 20.7 Å². The molecule has 0 heterocycles. The minimum absolute atomic E-state index is 0.316. The van der Waals surface area contributed by atoms with E-state index in [4.69, 9.17) is 5.26 Å². The Morgan fingerprint density at radius 3 is 2.45 bits per heavy atom. The molecule has 0 bridgehead atoms. The van der Waals surface area contributed by atoms with Gasteiger partial charge in [0.2, 0.25) is 0 Å². The summed E-state index contributed by atoms with van der Waals surface area (Å²) in [4.78, 5) is 12.6. The van der Waals surface area contributed by atoms with Crippen LogP contribution in [0.5, 0.6) is 0 Å². The fraction of sp³-hybridized carbons (Fsp3) is 0. The number of urea groups is 1. The van der Waals surface area contributed by atoms with Crippen molar-refractivity contribution in [3.63, 3.8) is 0 Å². The summed E-state index contributed by atoms with van der Waals surface area (Å²) in [5, 5.41) is 16.0. The number of carbonyl (C=O) groups excluding carboxylic acids is 1. The van der Waals surface area contributed by atoms with Crippen molar-refractivity contribution in [2.75, 3.05) is 10.6 Å². The van der Waals surface area contributed by atoms with Gasteiger partial charge in [-0.15, -0.1) is 0 Å². The Balaban J connectivity index is 1.96. The summed E-state index contributed by atoms with van der Waals surface area (Å²) >= 11 is 4.42. The van der Waals surface area contributed by atoms with E-state index in [0.29, 0.717) is 11.4 Å². The number of nitrogens with one attached hydrogen (secondary N) is 2. The lowest BCUT2D eigenvalue weighted by Crippen LogP contribution is -2.19. The maximum atomic E-state index is 11.8. The van der Waals surface area contributed by atoms with Crippen LogP contribution in [0.3, 0.4) is 0 Å². The van der Waals surface area contributed by atoms with Crippen LogP contribution in [-0.2, 0) is 0 Å². The van der Waals surface area contributed by atoms with Crippen LogP contribution in [0.1, 0.15) is 0 Å². The lowest BCUT2D eigenvalue weighted by molar-refractivity contribution is 0.262. The van der Waals surface area contributed by atoms with Crippen LogP contribution < -0.4 is 10.6 Å². The molecule has 0 aliphatic rings. The molecule has 0 unspecified atom stereocenters. The Morgan fingerprint density at radius 1 is 1.10 bits per heavy atom. The number of nitrogens with zero attached hydrogens (tertiary/aromatic N) is 1. The molecular formula is C14H10BrN3OS. The monoisotopic (exact) mass is 347 g/mol. The number of amides is 2. The fourth-order valence-electron chi connectivity index (χ4n) is 1.52. The second-order valence-corrected chi connectivity index (χ2v) is 5.58. The third-order valence-electron chi connectivity index (χ3n) is 2.36. The lowest BCUT2D eigenvalue weighted by Gasteiger charge is -2.08. The van der Waals surface area contributed by atoms with E-state index in [-0.39, 0.29) is 6.03 Å². The first-order valence-corrected chi connectivity index (χ1v) is 7.28. The number of nitriles is 1. The van der Waals surface area contributed by atoms with Crippen LogP contribution in [0.15, 0.2) is 57.9 Å². The number of thioether (sulfide) groups is 1. The summed E-state index contributed by atoms with van der Waals surface area (Å²) < 4.78 is 0.896. The van der Waals surface area contributed by atoms with E-state index in [1.165, 1.54) is 0 Å². The highest BCUT2D eigenvalue weighted by Crippen LogP contribution is 2.19. The van der Waals surface area contributed by atoms with Gasteiger partial charge in [-0.05, 0) is 54.2 Å². The summed E-state index contributed by atoms with van der Waals surface area (Å²) in [6.45, 7) is 0. The Morgan fingerprint density at radius 2 is 1.80 bits per heavy atom. The standard InChI is InChI=1S/C14H10BrN3OS/c15-10-2-1-3-12(8-10)18-14(19)17-11-4-6-13(7-5-11)20-9-16/h1-8H,(H2,17,18,19). The van der Waals surface area contributed by atoms with Gasteiger partial charge in [-0.1, -0.05) is 22.0 Å². The Labute approximate surface area is 129 Å². The molecule has 0 saturated heterocycles. The van der Waals surface area contributed by atoms with E-state index in [9.17, 15) is 4.79 Å². The topological polar surface area (TPSA) is 64.9 Å². The van der Waals surface area contributed by atoms with Crippen molar-refractivity contribution in [2.45, 2.75) is 4.90 Å². The summed E-state index contributed by atoms with van der Waals surface area (Å²) in [5.41, 5.74) is 1.37. The number of anilines is 2. The molecule has 0 aliphatic carbocycles. The first kappa shape index (κ1) is 14.4. The molecule has 2 N–H and O–H groups in total. The van der Waals surface area contributed by atoms with Crippen molar-refractivity contribution in [3.8, 4) is 5.40 Å². The third-order valence-corrected chi connectivity index (χ3v) is 3.45. The molecule has 4 nitrogen and oxygen atoms in total. The largest absolute Gasteiger partial charge is 0.323 e. The van der Waals surface area contributed by atoms with Crippen LogP contribution in [0, 0.1) is 10.7 Å².